The third-order valence-electron chi connectivity index (χ3n) is 4.54. The minimum absolute atomic E-state index is 0.252. The summed E-state index contributed by atoms with van der Waals surface area (Å²) >= 11 is 4.01. The zero-order chi connectivity index (χ0) is 21.0. The lowest BCUT2D eigenvalue weighted by Crippen LogP contribution is -2.44. The molecule has 4 heterocycles. The van der Waals surface area contributed by atoms with E-state index >= 15 is 0 Å². The molecule has 0 aromatic carbocycles. The van der Waals surface area contributed by atoms with Crippen molar-refractivity contribution in [1.29, 1.82) is 0 Å². The summed E-state index contributed by atoms with van der Waals surface area (Å²) in [4.78, 5) is 16.1. The molecule has 1 fully saturated rings. The van der Waals surface area contributed by atoms with Crippen LogP contribution in [0.1, 0.15) is 12.6 Å². The third-order valence-corrected chi connectivity index (χ3v) is 6.32. The number of aryl methyl sites for hydroxylation is 1. The lowest BCUT2D eigenvalue weighted by Gasteiger charge is -2.34. The highest BCUT2D eigenvalue weighted by molar-refractivity contribution is 14.2. The van der Waals surface area contributed by atoms with Crippen LogP contribution in [0.2, 0.25) is 0 Å². The number of aromatic nitrogens is 4. The van der Waals surface area contributed by atoms with Gasteiger partial charge in [-0.25, -0.2) is 15.0 Å². The number of nitrogens with zero attached hydrogens (tertiary/aromatic N) is 5. The molecule has 1 unspecified atom stereocenters. The average Bonchev–Trinajstić information content (AvgIpc) is 3.03. The van der Waals surface area contributed by atoms with Gasteiger partial charge in [-0.15, -0.1) is 0 Å². The lowest BCUT2D eigenvalue weighted by atomic mass is 10.1. The van der Waals surface area contributed by atoms with E-state index in [1.54, 1.807) is 27.1 Å². The summed E-state index contributed by atoms with van der Waals surface area (Å²) in [6.07, 6.45) is 5.88. The molecule has 0 saturated carbocycles. The van der Waals surface area contributed by atoms with E-state index in [0.717, 1.165) is 34.7 Å². The minimum atomic E-state index is 0.252. The van der Waals surface area contributed by atoms with Crippen LogP contribution in [0, 0.1) is 6.92 Å². The highest BCUT2D eigenvalue weighted by atomic mass is 127. The number of hydrogen-bond donors (Lipinski definition) is 1. The monoisotopic (exact) mass is 544 g/mol. The Morgan fingerprint density at radius 1 is 1.28 bits per heavy atom. The van der Waals surface area contributed by atoms with Gasteiger partial charge >= 0.3 is 0 Å². The van der Waals surface area contributed by atoms with E-state index in [0.29, 0.717) is 24.9 Å². The Bertz CT molecular complexity index is 983. The largest absolute Gasteiger partial charge is 0.384 e. The predicted octanol–water partition coefficient (Wildman–Crippen LogP) is 4.43. The van der Waals surface area contributed by atoms with Crippen LogP contribution in [-0.2, 0) is 4.74 Å². The van der Waals surface area contributed by atoms with Crippen molar-refractivity contribution in [3.8, 4) is 11.4 Å². The molecule has 1 atom stereocenters. The van der Waals surface area contributed by atoms with Gasteiger partial charge < -0.3 is 15.4 Å². The summed E-state index contributed by atoms with van der Waals surface area (Å²) in [6, 6.07) is 6.15. The maximum absolute atomic E-state index is 6.12. The van der Waals surface area contributed by atoms with E-state index in [-0.39, 0.29) is 6.04 Å². The van der Waals surface area contributed by atoms with Gasteiger partial charge in [0.25, 0.3) is 0 Å². The van der Waals surface area contributed by atoms with Crippen LogP contribution in [0.4, 0.5) is 11.6 Å². The number of pyridine rings is 1. The van der Waals surface area contributed by atoms with Gasteiger partial charge in [0.05, 0.1) is 19.3 Å². The van der Waals surface area contributed by atoms with E-state index in [9.17, 15) is 0 Å². The van der Waals surface area contributed by atoms with Gasteiger partial charge in [-0.2, -0.15) is 11.8 Å². The molecule has 3 aromatic heterocycles. The Hall–Kier alpha value is -1.24. The third kappa shape index (κ3) is 4.92. The van der Waals surface area contributed by atoms with E-state index in [4.69, 9.17) is 15.5 Å². The van der Waals surface area contributed by atoms with Gasteiger partial charge in [-0.3, -0.25) is 3.97 Å². The molecule has 2 N–H and O–H groups in total. The van der Waals surface area contributed by atoms with Crippen molar-refractivity contribution in [2.24, 2.45) is 0 Å². The number of morpholine rings is 1. The minimum Gasteiger partial charge on any atom is -0.384 e. The summed E-state index contributed by atoms with van der Waals surface area (Å²) in [5, 5.41) is 1.03. The molecule has 4 rings (SSSR count). The number of nitrogens with two attached hydrogens (primary N) is 1. The molecule has 0 spiro atoms. The van der Waals surface area contributed by atoms with Crippen molar-refractivity contribution in [2.45, 2.75) is 19.9 Å². The van der Waals surface area contributed by atoms with Crippen molar-refractivity contribution in [1.82, 2.24) is 18.9 Å². The molecule has 3 aromatic rings. The summed E-state index contributed by atoms with van der Waals surface area (Å²) in [6.45, 7) is 6.37. The van der Waals surface area contributed by atoms with Crippen molar-refractivity contribution in [3.63, 3.8) is 0 Å². The summed E-state index contributed by atoms with van der Waals surface area (Å²) in [5.41, 5.74) is 9.10. The van der Waals surface area contributed by atoms with E-state index in [1.165, 1.54) is 0 Å². The summed E-state index contributed by atoms with van der Waals surface area (Å²) in [7, 11) is 1.60. The topological polar surface area (TPSA) is 82.1 Å². The zero-order valence-corrected chi connectivity index (χ0v) is 20.7. The molecule has 1 aliphatic heterocycles. The van der Waals surface area contributed by atoms with E-state index in [2.05, 4.69) is 60.0 Å². The molecule has 29 heavy (non-hydrogen) atoms. The zero-order valence-electron chi connectivity index (χ0n) is 16.9. The van der Waals surface area contributed by atoms with Gasteiger partial charge in [0, 0.05) is 65.8 Å². The molecule has 0 bridgehead atoms. The molecule has 1 aliphatic rings. The van der Waals surface area contributed by atoms with Gasteiger partial charge in [0.2, 0.25) is 0 Å². The SMILES string of the molecule is CSC.Cc1cc2c(-c3nc(N)cc(N4CCOCC4C)n3)ccnc2n1SI. The number of ether oxygens (including phenoxy) is 1. The second kappa shape index (κ2) is 10.2. The first-order valence-corrected chi connectivity index (χ1v) is 14.1. The van der Waals surface area contributed by atoms with Gasteiger partial charge in [-0.05, 0) is 38.5 Å². The normalized spacial score (nSPS) is 16.6. The Morgan fingerprint density at radius 3 is 2.72 bits per heavy atom. The molecule has 10 heteroatoms. The fraction of sp³-hybridized carbons (Fsp3) is 0.421. The Morgan fingerprint density at radius 2 is 2.03 bits per heavy atom. The molecule has 1 saturated heterocycles. The average molecular weight is 544 g/mol. The first kappa shape index (κ1) is 22.4. The van der Waals surface area contributed by atoms with Crippen LogP contribution >= 0.6 is 42.1 Å². The first-order chi connectivity index (χ1) is 14.0. The molecule has 0 radical (unpaired) electrons. The number of fused-ring (bicyclic) bond motifs is 1. The number of hydrogen-bond acceptors (Lipinski definition) is 8. The maximum atomic E-state index is 6.12. The number of anilines is 2. The van der Waals surface area contributed by atoms with E-state index in [1.807, 2.05) is 24.6 Å². The van der Waals surface area contributed by atoms with Crippen LogP contribution in [0.3, 0.4) is 0 Å². The quantitative estimate of drug-likeness (QED) is 0.485. The number of nitrogen functional groups attached to an aromatic ring is 1. The van der Waals surface area contributed by atoms with E-state index < -0.39 is 0 Å². The second-order valence-electron chi connectivity index (χ2n) is 6.75. The summed E-state index contributed by atoms with van der Waals surface area (Å²) in [5.74, 6) is 1.93. The smallest absolute Gasteiger partial charge is 0.164 e. The highest BCUT2D eigenvalue weighted by Crippen LogP contribution is 2.33. The molecule has 7 nitrogen and oxygen atoms in total. The van der Waals surface area contributed by atoms with Crippen molar-refractivity contribution in [3.05, 3.63) is 30.1 Å². The molecule has 0 aliphatic carbocycles. The molecule has 156 valence electrons. The van der Waals surface area contributed by atoms with Crippen LogP contribution in [0.5, 0.6) is 0 Å². The maximum Gasteiger partial charge on any atom is 0.164 e. The van der Waals surface area contributed by atoms with Crippen LogP contribution < -0.4 is 10.6 Å². The van der Waals surface area contributed by atoms with Crippen molar-refractivity contribution < 1.29 is 4.74 Å². The fourth-order valence-corrected chi connectivity index (χ4v) is 5.13. The van der Waals surface area contributed by atoms with Crippen molar-refractivity contribution in [2.75, 3.05) is 42.9 Å². The molecular formula is C19H25IN6OS2. The number of thioether (sulfide) groups is 1. The number of rotatable bonds is 3. The summed E-state index contributed by atoms with van der Waals surface area (Å²) < 4.78 is 7.63. The van der Waals surface area contributed by atoms with Crippen LogP contribution in [0.15, 0.2) is 24.4 Å². The standard InChI is InChI=1S/C17H19IN6OS.C2H6S/c1-10-7-13-12(3-4-20-17(13)24(10)26-18)16-21-14(19)8-15(22-16)23-5-6-25-9-11(23)2;1-3-2/h3-4,7-8,11H,5-6,9H2,1-2H3,(H2,19,21,22);1-2H3. The first-order valence-electron chi connectivity index (χ1n) is 9.15. The highest BCUT2D eigenvalue weighted by Gasteiger charge is 2.22. The Labute approximate surface area is 191 Å². The van der Waals surface area contributed by atoms with Crippen LogP contribution in [-0.4, -0.2) is 57.2 Å². The molecular weight excluding hydrogens is 519 g/mol. The van der Waals surface area contributed by atoms with Gasteiger partial charge in [-0.1, -0.05) is 0 Å². The lowest BCUT2D eigenvalue weighted by molar-refractivity contribution is 0.0985. The van der Waals surface area contributed by atoms with Crippen LogP contribution in [0.25, 0.3) is 22.4 Å². The fourth-order valence-electron chi connectivity index (χ4n) is 3.27. The second-order valence-corrected chi connectivity index (χ2v) is 9.25. The molecule has 0 amide bonds. The number of halogens is 1. The van der Waals surface area contributed by atoms with Gasteiger partial charge in [0.1, 0.15) is 11.6 Å². The predicted molar refractivity (Wildman–Crippen MR) is 134 cm³/mol. The Balaban J connectivity index is 0.000000755. The van der Waals surface area contributed by atoms with Gasteiger partial charge in [0.15, 0.2) is 11.5 Å². The Kier molecular flexibility index (Phi) is 7.88. The van der Waals surface area contributed by atoms with Crippen molar-refractivity contribution >= 4 is 64.8 Å².